The Morgan fingerprint density at radius 1 is 1.71 bits per heavy atom. The van der Waals surface area contributed by atoms with E-state index < -0.39 is 0 Å². The molecule has 1 saturated heterocycles. The predicted octanol–water partition coefficient (Wildman–Crippen LogP) is 0.641. The molecule has 0 spiro atoms. The quantitative estimate of drug-likeness (QED) is 0.726. The Morgan fingerprint density at radius 3 is 3.21 bits per heavy atom. The summed E-state index contributed by atoms with van der Waals surface area (Å²) >= 11 is 0. The lowest BCUT2D eigenvalue weighted by atomic mass is 10.1. The summed E-state index contributed by atoms with van der Waals surface area (Å²) in [6, 6.07) is 2.45. The van der Waals surface area contributed by atoms with Gasteiger partial charge in [0, 0.05) is 24.8 Å². The molecular formula is C10H18N4. The Kier molecular flexibility index (Phi) is 2.84. The van der Waals surface area contributed by atoms with Gasteiger partial charge in [0.1, 0.15) is 0 Å². The van der Waals surface area contributed by atoms with Crippen LogP contribution in [0.4, 0.5) is 0 Å². The summed E-state index contributed by atoms with van der Waals surface area (Å²) in [5.41, 5.74) is 8.16. The van der Waals surface area contributed by atoms with E-state index >= 15 is 0 Å². The normalized spacial score (nSPS) is 24.0. The van der Waals surface area contributed by atoms with Crippen molar-refractivity contribution in [2.24, 2.45) is 5.73 Å². The molecule has 0 aliphatic carbocycles. The SMILES string of the molecule is Cc1cc(CN2CCCC(N)C2)n[nH]1. The van der Waals surface area contributed by atoms with E-state index in [0.29, 0.717) is 6.04 Å². The molecule has 3 N–H and O–H groups in total. The first-order valence-electron chi connectivity index (χ1n) is 5.23. The highest BCUT2D eigenvalue weighted by Gasteiger charge is 2.17. The van der Waals surface area contributed by atoms with Crippen molar-refractivity contribution in [2.45, 2.75) is 32.4 Å². The lowest BCUT2D eigenvalue weighted by molar-refractivity contribution is 0.199. The molecule has 1 aliphatic heterocycles. The van der Waals surface area contributed by atoms with Crippen LogP contribution < -0.4 is 5.73 Å². The first-order chi connectivity index (χ1) is 6.74. The molecule has 0 radical (unpaired) electrons. The van der Waals surface area contributed by atoms with Crippen LogP contribution in [-0.4, -0.2) is 34.2 Å². The second kappa shape index (κ2) is 4.11. The fourth-order valence-corrected chi connectivity index (χ4v) is 2.02. The molecule has 78 valence electrons. The third-order valence-corrected chi connectivity index (χ3v) is 2.69. The van der Waals surface area contributed by atoms with E-state index in [1.807, 2.05) is 6.92 Å². The standard InChI is InChI=1S/C10H18N4/c1-8-5-10(13-12-8)7-14-4-2-3-9(11)6-14/h5,9H,2-4,6-7,11H2,1H3,(H,12,13). The van der Waals surface area contributed by atoms with Gasteiger partial charge in [0.25, 0.3) is 0 Å². The van der Waals surface area contributed by atoms with Gasteiger partial charge in [-0.05, 0) is 32.4 Å². The van der Waals surface area contributed by atoms with Gasteiger partial charge < -0.3 is 5.73 Å². The molecular weight excluding hydrogens is 176 g/mol. The molecule has 0 saturated carbocycles. The molecule has 4 nitrogen and oxygen atoms in total. The number of aromatic nitrogens is 2. The van der Waals surface area contributed by atoms with Crippen LogP contribution in [0.2, 0.25) is 0 Å². The van der Waals surface area contributed by atoms with Gasteiger partial charge >= 0.3 is 0 Å². The van der Waals surface area contributed by atoms with Gasteiger partial charge in [-0.2, -0.15) is 5.10 Å². The number of nitrogens with two attached hydrogens (primary N) is 1. The molecule has 1 atom stereocenters. The summed E-state index contributed by atoms with van der Waals surface area (Å²) in [6.07, 6.45) is 2.38. The van der Waals surface area contributed by atoms with Crippen molar-refractivity contribution in [2.75, 3.05) is 13.1 Å². The van der Waals surface area contributed by atoms with E-state index in [-0.39, 0.29) is 0 Å². The van der Waals surface area contributed by atoms with Crippen molar-refractivity contribution in [3.05, 3.63) is 17.5 Å². The maximum atomic E-state index is 5.91. The monoisotopic (exact) mass is 194 g/mol. The summed E-state index contributed by atoms with van der Waals surface area (Å²) in [7, 11) is 0. The van der Waals surface area contributed by atoms with Crippen LogP contribution in [0.1, 0.15) is 24.2 Å². The summed E-state index contributed by atoms with van der Waals surface area (Å²) in [5.74, 6) is 0. The molecule has 1 fully saturated rings. The molecule has 0 aromatic carbocycles. The second-order valence-electron chi connectivity index (χ2n) is 4.18. The molecule has 1 aromatic rings. The number of hydrogen-bond acceptors (Lipinski definition) is 3. The van der Waals surface area contributed by atoms with Gasteiger partial charge in [-0.3, -0.25) is 10.00 Å². The summed E-state index contributed by atoms with van der Waals surface area (Å²) in [5, 5.41) is 7.19. The summed E-state index contributed by atoms with van der Waals surface area (Å²) < 4.78 is 0. The third-order valence-electron chi connectivity index (χ3n) is 2.69. The van der Waals surface area contributed by atoms with E-state index in [9.17, 15) is 0 Å². The Morgan fingerprint density at radius 2 is 2.57 bits per heavy atom. The fraction of sp³-hybridized carbons (Fsp3) is 0.700. The van der Waals surface area contributed by atoms with Gasteiger partial charge in [-0.15, -0.1) is 0 Å². The van der Waals surface area contributed by atoms with Gasteiger partial charge in [0.05, 0.1) is 5.69 Å². The molecule has 14 heavy (non-hydrogen) atoms. The lowest BCUT2D eigenvalue weighted by Gasteiger charge is -2.29. The highest BCUT2D eigenvalue weighted by atomic mass is 15.2. The minimum atomic E-state index is 0.351. The summed E-state index contributed by atoms with van der Waals surface area (Å²) in [6.45, 7) is 5.11. The number of aromatic amines is 1. The van der Waals surface area contributed by atoms with Crippen molar-refractivity contribution in [3.8, 4) is 0 Å². The van der Waals surface area contributed by atoms with E-state index in [1.165, 1.54) is 6.42 Å². The van der Waals surface area contributed by atoms with E-state index in [0.717, 1.165) is 37.4 Å². The first-order valence-corrected chi connectivity index (χ1v) is 5.23. The zero-order valence-corrected chi connectivity index (χ0v) is 8.66. The van der Waals surface area contributed by atoms with Gasteiger partial charge in [0.15, 0.2) is 0 Å². The first kappa shape index (κ1) is 9.68. The average molecular weight is 194 g/mol. The lowest BCUT2D eigenvalue weighted by Crippen LogP contribution is -2.42. The second-order valence-corrected chi connectivity index (χ2v) is 4.18. The number of nitrogens with zero attached hydrogens (tertiary/aromatic N) is 2. The van der Waals surface area contributed by atoms with E-state index in [2.05, 4.69) is 21.2 Å². The maximum Gasteiger partial charge on any atom is 0.0765 e. The fourth-order valence-electron chi connectivity index (χ4n) is 2.02. The Bertz CT molecular complexity index is 294. The smallest absolute Gasteiger partial charge is 0.0765 e. The van der Waals surface area contributed by atoms with Gasteiger partial charge in [-0.1, -0.05) is 0 Å². The number of piperidine rings is 1. The highest BCUT2D eigenvalue weighted by molar-refractivity contribution is 5.06. The molecule has 0 amide bonds. The van der Waals surface area contributed by atoms with Crippen molar-refractivity contribution in [1.82, 2.24) is 15.1 Å². The summed E-state index contributed by atoms with van der Waals surface area (Å²) in [4.78, 5) is 2.38. The van der Waals surface area contributed by atoms with Crippen LogP contribution in [0.15, 0.2) is 6.07 Å². The number of rotatable bonds is 2. The van der Waals surface area contributed by atoms with Crippen LogP contribution in [0.3, 0.4) is 0 Å². The average Bonchev–Trinajstić information content (AvgIpc) is 2.51. The Labute approximate surface area is 84.5 Å². The number of nitrogens with one attached hydrogen (secondary N) is 1. The minimum Gasteiger partial charge on any atom is -0.327 e. The van der Waals surface area contributed by atoms with Crippen LogP contribution in [0, 0.1) is 6.92 Å². The largest absolute Gasteiger partial charge is 0.327 e. The molecule has 1 aromatic heterocycles. The van der Waals surface area contributed by atoms with Crippen LogP contribution in [-0.2, 0) is 6.54 Å². The van der Waals surface area contributed by atoms with E-state index in [1.54, 1.807) is 0 Å². The molecule has 1 unspecified atom stereocenters. The van der Waals surface area contributed by atoms with Crippen molar-refractivity contribution in [3.63, 3.8) is 0 Å². The number of hydrogen-bond donors (Lipinski definition) is 2. The molecule has 2 heterocycles. The number of aryl methyl sites for hydroxylation is 1. The van der Waals surface area contributed by atoms with Gasteiger partial charge in [0.2, 0.25) is 0 Å². The van der Waals surface area contributed by atoms with Crippen molar-refractivity contribution < 1.29 is 0 Å². The number of H-pyrrole nitrogens is 1. The Balaban J connectivity index is 1.90. The predicted molar refractivity (Wildman–Crippen MR) is 55.8 cm³/mol. The minimum absolute atomic E-state index is 0.351. The molecule has 1 aliphatic rings. The topological polar surface area (TPSA) is 57.9 Å². The van der Waals surface area contributed by atoms with Crippen molar-refractivity contribution >= 4 is 0 Å². The third kappa shape index (κ3) is 2.33. The molecule has 4 heteroatoms. The zero-order chi connectivity index (χ0) is 9.97. The van der Waals surface area contributed by atoms with Crippen LogP contribution >= 0.6 is 0 Å². The zero-order valence-electron chi connectivity index (χ0n) is 8.66. The highest BCUT2D eigenvalue weighted by Crippen LogP contribution is 2.11. The molecule has 0 bridgehead atoms. The Hall–Kier alpha value is -0.870. The van der Waals surface area contributed by atoms with Crippen LogP contribution in [0.25, 0.3) is 0 Å². The van der Waals surface area contributed by atoms with Crippen molar-refractivity contribution in [1.29, 1.82) is 0 Å². The maximum absolute atomic E-state index is 5.91. The molecule has 2 rings (SSSR count). The van der Waals surface area contributed by atoms with E-state index in [4.69, 9.17) is 5.73 Å². The number of likely N-dealkylation sites (tertiary alicyclic amines) is 1. The van der Waals surface area contributed by atoms with Gasteiger partial charge in [-0.25, -0.2) is 0 Å². The van der Waals surface area contributed by atoms with Crippen LogP contribution in [0.5, 0.6) is 0 Å².